The lowest BCUT2D eigenvalue weighted by Gasteiger charge is -2.44. The molecule has 0 saturated carbocycles. The number of pyridine rings is 2. The van der Waals surface area contributed by atoms with Gasteiger partial charge in [0, 0.05) is 31.3 Å². The zero-order chi connectivity index (χ0) is 26.2. The Balaban J connectivity index is 1.67. The minimum Gasteiger partial charge on any atom is -0.397 e. The van der Waals surface area contributed by atoms with Gasteiger partial charge in [-0.15, -0.1) is 0 Å². The van der Waals surface area contributed by atoms with Crippen molar-refractivity contribution < 1.29 is 32.9 Å². The van der Waals surface area contributed by atoms with Crippen LogP contribution < -0.4 is 5.73 Å². The number of hydrogen-bond donors (Lipinski definition) is 3. The second-order valence-electron chi connectivity index (χ2n) is 9.03. The van der Waals surface area contributed by atoms with Crippen LogP contribution in [0.15, 0.2) is 42.7 Å². The molecule has 1 aromatic carbocycles. The summed E-state index contributed by atoms with van der Waals surface area (Å²) in [5.74, 6) is -3.77. The molecule has 3 heterocycles. The molecule has 2 aromatic heterocycles. The molecular weight excluding hydrogens is 475 g/mol. The molecule has 10 heteroatoms. The first-order valence-corrected chi connectivity index (χ1v) is 11.5. The Morgan fingerprint density at radius 2 is 1.92 bits per heavy atom. The zero-order valence-corrected chi connectivity index (χ0v) is 19.7. The minimum absolute atomic E-state index is 0.0857. The fourth-order valence-corrected chi connectivity index (χ4v) is 4.54. The summed E-state index contributed by atoms with van der Waals surface area (Å²) < 4.78 is 49.2. The summed E-state index contributed by atoms with van der Waals surface area (Å²) in [6.07, 6.45) is 0.894. The maximum Gasteiger partial charge on any atom is 0.187 e. The van der Waals surface area contributed by atoms with Gasteiger partial charge in [0.05, 0.1) is 29.6 Å². The summed E-state index contributed by atoms with van der Waals surface area (Å²) in [5, 5.41) is 21.1. The summed E-state index contributed by atoms with van der Waals surface area (Å²) in [5.41, 5.74) is 3.45. The summed E-state index contributed by atoms with van der Waals surface area (Å²) in [4.78, 5) is 21.2. The van der Waals surface area contributed by atoms with Gasteiger partial charge in [-0.1, -0.05) is 13.0 Å². The van der Waals surface area contributed by atoms with Crippen LogP contribution in [0.25, 0.3) is 11.3 Å². The number of aliphatic hydroxyl groups excluding tert-OH is 1. The van der Waals surface area contributed by atoms with Crippen LogP contribution in [0.3, 0.4) is 0 Å². The fraction of sp³-hybridized carbons (Fsp3) is 0.346. The molecular formula is C26H26F3N3O4. The summed E-state index contributed by atoms with van der Waals surface area (Å²) in [6.45, 7) is 3.34. The van der Waals surface area contributed by atoms with E-state index in [-0.39, 0.29) is 24.2 Å². The Morgan fingerprint density at radius 1 is 1.22 bits per heavy atom. The van der Waals surface area contributed by atoms with E-state index >= 15 is 0 Å². The van der Waals surface area contributed by atoms with E-state index in [4.69, 9.17) is 10.5 Å². The van der Waals surface area contributed by atoms with Crippen molar-refractivity contribution in [3.63, 3.8) is 0 Å². The topological polar surface area (TPSA) is 119 Å². The van der Waals surface area contributed by atoms with Crippen molar-refractivity contribution in [2.24, 2.45) is 0 Å². The second kappa shape index (κ2) is 9.96. The van der Waals surface area contributed by atoms with E-state index in [1.165, 1.54) is 19.3 Å². The first-order valence-electron chi connectivity index (χ1n) is 11.5. The lowest BCUT2D eigenvalue weighted by Crippen LogP contribution is -2.55. The van der Waals surface area contributed by atoms with Crippen LogP contribution >= 0.6 is 0 Å². The number of aromatic nitrogens is 2. The molecule has 1 fully saturated rings. The number of carbonyl (C=O) groups excluding carboxylic acids is 1. The Kier molecular flexibility index (Phi) is 7.12. The molecule has 0 radical (unpaired) electrons. The van der Waals surface area contributed by atoms with E-state index in [0.29, 0.717) is 17.5 Å². The van der Waals surface area contributed by atoms with E-state index in [1.807, 2.05) is 6.92 Å². The summed E-state index contributed by atoms with van der Waals surface area (Å²) >= 11 is 0. The van der Waals surface area contributed by atoms with Gasteiger partial charge in [-0.3, -0.25) is 9.78 Å². The van der Waals surface area contributed by atoms with Crippen LogP contribution in [0, 0.1) is 17.5 Å². The van der Waals surface area contributed by atoms with Gasteiger partial charge in [-0.25, -0.2) is 18.2 Å². The molecule has 1 aliphatic heterocycles. The standard InChI is InChI=1S/C26H26F3N3O4/c1-3-22-26(2,35)21(34)11-20(36-22)14-7-8-31-12-13(14)9-19(33)25-18(30)10-17(29)24(32-25)23-15(27)5-4-6-16(23)28/h4-8,10,12,20-22,34-35H,3,9,11,30H2,1-2H3/t20-,21-,22-,26+/m0/s1. The Labute approximate surface area is 205 Å². The molecule has 4 rings (SSSR count). The highest BCUT2D eigenvalue weighted by Crippen LogP contribution is 2.39. The molecule has 0 unspecified atom stereocenters. The number of hydrogen-bond acceptors (Lipinski definition) is 7. The van der Waals surface area contributed by atoms with Crippen LogP contribution in [0.2, 0.25) is 0 Å². The Morgan fingerprint density at radius 3 is 2.58 bits per heavy atom. The third kappa shape index (κ3) is 4.71. The highest BCUT2D eigenvalue weighted by Gasteiger charge is 2.46. The molecule has 4 atom stereocenters. The number of rotatable bonds is 6. The van der Waals surface area contributed by atoms with Gasteiger partial charge < -0.3 is 20.7 Å². The molecule has 0 bridgehead atoms. The number of nitrogens with two attached hydrogens (primary N) is 1. The molecule has 4 N–H and O–H groups in total. The number of anilines is 1. The predicted octanol–water partition coefficient (Wildman–Crippen LogP) is 3.92. The minimum atomic E-state index is -1.43. The third-order valence-corrected chi connectivity index (χ3v) is 6.57. The van der Waals surface area contributed by atoms with Crippen molar-refractivity contribution in [1.82, 2.24) is 9.97 Å². The average molecular weight is 502 g/mol. The summed E-state index contributed by atoms with van der Waals surface area (Å²) in [6, 6.07) is 5.50. The third-order valence-electron chi connectivity index (χ3n) is 6.57. The van der Waals surface area contributed by atoms with E-state index in [9.17, 15) is 28.2 Å². The smallest absolute Gasteiger partial charge is 0.187 e. The van der Waals surface area contributed by atoms with Crippen LogP contribution in [0.1, 0.15) is 54.4 Å². The van der Waals surface area contributed by atoms with Gasteiger partial charge in [0.15, 0.2) is 11.6 Å². The second-order valence-corrected chi connectivity index (χ2v) is 9.03. The van der Waals surface area contributed by atoms with Crippen LogP contribution in [-0.2, 0) is 11.2 Å². The van der Waals surface area contributed by atoms with Gasteiger partial charge in [0.2, 0.25) is 0 Å². The van der Waals surface area contributed by atoms with Crippen molar-refractivity contribution >= 4 is 11.5 Å². The molecule has 1 aliphatic rings. The first kappa shape index (κ1) is 25.7. The molecule has 0 spiro atoms. The molecule has 36 heavy (non-hydrogen) atoms. The molecule has 1 saturated heterocycles. The van der Waals surface area contributed by atoms with Crippen molar-refractivity contribution in [2.45, 2.75) is 57.0 Å². The first-order chi connectivity index (χ1) is 17.0. The molecule has 3 aromatic rings. The number of ether oxygens (including phenoxy) is 1. The number of benzene rings is 1. The van der Waals surface area contributed by atoms with Crippen molar-refractivity contribution in [1.29, 1.82) is 0 Å². The average Bonchev–Trinajstić information content (AvgIpc) is 2.82. The SMILES string of the molecule is CC[C@@H]1O[C@H](c2ccncc2CC(=O)c2nc(-c3c(F)cccc3F)c(F)cc2N)C[C@H](O)[C@@]1(C)O. The summed E-state index contributed by atoms with van der Waals surface area (Å²) in [7, 11) is 0. The highest BCUT2D eigenvalue weighted by atomic mass is 19.1. The van der Waals surface area contributed by atoms with Gasteiger partial charge in [0.25, 0.3) is 0 Å². The lowest BCUT2D eigenvalue weighted by molar-refractivity contribution is -0.222. The lowest BCUT2D eigenvalue weighted by atomic mass is 9.82. The number of nitrogen functional groups attached to an aromatic ring is 1. The quantitative estimate of drug-likeness (QED) is 0.438. The maximum atomic E-state index is 14.6. The van der Waals surface area contributed by atoms with Gasteiger partial charge >= 0.3 is 0 Å². The van der Waals surface area contributed by atoms with E-state index in [0.717, 1.165) is 24.3 Å². The Bertz CT molecular complexity index is 1280. The number of aliphatic hydroxyl groups is 2. The predicted molar refractivity (Wildman–Crippen MR) is 125 cm³/mol. The Hall–Kier alpha value is -3.34. The van der Waals surface area contributed by atoms with E-state index < -0.39 is 58.4 Å². The molecule has 0 aliphatic carbocycles. The van der Waals surface area contributed by atoms with E-state index in [1.54, 1.807) is 6.07 Å². The number of carbonyl (C=O) groups is 1. The van der Waals surface area contributed by atoms with Crippen molar-refractivity contribution in [2.75, 3.05) is 5.73 Å². The van der Waals surface area contributed by atoms with Crippen LogP contribution in [-0.4, -0.2) is 43.8 Å². The van der Waals surface area contributed by atoms with Gasteiger partial charge in [-0.05, 0) is 42.7 Å². The van der Waals surface area contributed by atoms with Crippen molar-refractivity contribution in [3.8, 4) is 11.3 Å². The highest BCUT2D eigenvalue weighted by molar-refractivity contribution is 6.00. The largest absolute Gasteiger partial charge is 0.397 e. The number of ketones is 1. The van der Waals surface area contributed by atoms with Crippen LogP contribution in [0.5, 0.6) is 0 Å². The molecule has 190 valence electrons. The van der Waals surface area contributed by atoms with Crippen LogP contribution in [0.4, 0.5) is 18.9 Å². The fourth-order valence-electron chi connectivity index (χ4n) is 4.54. The van der Waals surface area contributed by atoms with Gasteiger partial charge in [0.1, 0.15) is 28.6 Å². The maximum absolute atomic E-state index is 14.6. The number of nitrogens with zero attached hydrogens (tertiary/aromatic N) is 2. The number of Topliss-reactive ketones (excluding diaryl/α,β-unsaturated/α-hetero) is 1. The number of halogens is 3. The van der Waals surface area contributed by atoms with E-state index in [2.05, 4.69) is 9.97 Å². The van der Waals surface area contributed by atoms with Crippen molar-refractivity contribution in [3.05, 3.63) is 77.0 Å². The normalized spacial score (nSPS) is 24.0. The zero-order valence-electron chi connectivity index (χ0n) is 19.7. The molecule has 0 amide bonds. The molecule has 7 nitrogen and oxygen atoms in total. The van der Waals surface area contributed by atoms with Gasteiger partial charge in [-0.2, -0.15) is 0 Å². The monoisotopic (exact) mass is 501 g/mol.